The van der Waals surface area contributed by atoms with Crippen molar-refractivity contribution in [1.29, 1.82) is 0 Å². The van der Waals surface area contributed by atoms with Crippen molar-refractivity contribution in [3.8, 4) is 0 Å². The first-order valence-electron chi connectivity index (χ1n) is 7.95. The lowest BCUT2D eigenvalue weighted by Crippen LogP contribution is -2.52. The lowest BCUT2D eigenvalue weighted by molar-refractivity contribution is -0.171. The highest BCUT2D eigenvalue weighted by Crippen LogP contribution is 2.18. The number of carboxylic acid groups (broad SMARTS) is 1. The zero-order chi connectivity index (χ0) is 17.2. The van der Waals surface area contributed by atoms with Gasteiger partial charge in [-0.3, -0.25) is 9.59 Å². The van der Waals surface area contributed by atoms with Gasteiger partial charge in [0.2, 0.25) is 11.4 Å². The maximum absolute atomic E-state index is 11.8. The van der Waals surface area contributed by atoms with Gasteiger partial charge in [-0.25, -0.2) is 4.79 Å². The van der Waals surface area contributed by atoms with E-state index in [9.17, 15) is 19.5 Å². The standard InChI is InChI=1S/C16H28O6/c1-3-4-5-6-7-8-9-10-13(18)11-16(22,15(20)21)14(19)12(2)17/h12,17,22H,3-11H2,1-2H3,(H,20,21). The highest BCUT2D eigenvalue weighted by Gasteiger charge is 2.47. The van der Waals surface area contributed by atoms with E-state index in [0.717, 1.165) is 26.2 Å². The highest BCUT2D eigenvalue weighted by atomic mass is 16.4. The average Bonchev–Trinajstić information content (AvgIpc) is 2.44. The molecule has 3 N–H and O–H groups in total. The zero-order valence-electron chi connectivity index (χ0n) is 13.5. The molecule has 22 heavy (non-hydrogen) atoms. The maximum Gasteiger partial charge on any atom is 0.344 e. The van der Waals surface area contributed by atoms with E-state index in [1.54, 1.807) is 0 Å². The van der Waals surface area contributed by atoms with Crippen LogP contribution < -0.4 is 0 Å². The van der Waals surface area contributed by atoms with Crippen LogP contribution in [-0.2, 0) is 14.4 Å². The molecule has 0 aliphatic carbocycles. The summed E-state index contributed by atoms with van der Waals surface area (Å²) in [5.74, 6) is -3.54. The minimum atomic E-state index is -2.83. The lowest BCUT2D eigenvalue weighted by atomic mass is 9.88. The number of aliphatic hydroxyl groups is 2. The van der Waals surface area contributed by atoms with Crippen LogP contribution in [-0.4, -0.2) is 44.6 Å². The van der Waals surface area contributed by atoms with Crippen molar-refractivity contribution in [3.63, 3.8) is 0 Å². The third-order valence-corrected chi connectivity index (χ3v) is 3.65. The average molecular weight is 316 g/mol. The van der Waals surface area contributed by atoms with Crippen LogP contribution in [0.1, 0.15) is 71.6 Å². The summed E-state index contributed by atoms with van der Waals surface area (Å²) in [4.78, 5) is 34.4. The van der Waals surface area contributed by atoms with Crippen molar-refractivity contribution in [3.05, 3.63) is 0 Å². The van der Waals surface area contributed by atoms with Crippen molar-refractivity contribution in [2.45, 2.75) is 83.3 Å². The summed E-state index contributed by atoms with van der Waals surface area (Å²) in [7, 11) is 0. The Morgan fingerprint density at radius 3 is 1.95 bits per heavy atom. The molecule has 0 rings (SSSR count). The van der Waals surface area contributed by atoms with Crippen molar-refractivity contribution in [1.82, 2.24) is 0 Å². The first kappa shape index (κ1) is 20.7. The van der Waals surface area contributed by atoms with Crippen LogP contribution in [0.5, 0.6) is 0 Å². The summed E-state index contributed by atoms with van der Waals surface area (Å²) in [5.41, 5.74) is -2.83. The van der Waals surface area contributed by atoms with Crippen LogP contribution in [0.3, 0.4) is 0 Å². The van der Waals surface area contributed by atoms with Crippen LogP contribution in [0.15, 0.2) is 0 Å². The Balaban J connectivity index is 4.21. The number of hydrogen-bond acceptors (Lipinski definition) is 5. The van der Waals surface area contributed by atoms with Gasteiger partial charge in [0.05, 0.1) is 6.42 Å². The number of hydrogen-bond donors (Lipinski definition) is 3. The maximum atomic E-state index is 11.8. The quantitative estimate of drug-likeness (QED) is 0.353. The Morgan fingerprint density at radius 1 is 1.00 bits per heavy atom. The molecule has 0 saturated heterocycles. The molecular formula is C16H28O6. The summed E-state index contributed by atoms with van der Waals surface area (Å²) < 4.78 is 0. The van der Waals surface area contributed by atoms with E-state index in [-0.39, 0.29) is 6.42 Å². The Morgan fingerprint density at radius 2 is 1.50 bits per heavy atom. The number of Topliss-reactive ketones (excluding diaryl/α,β-unsaturated/α-hetero) is 2. The van der Waals surface area contributed by atoms with Gasteiger partial charge in [-0.2, -0.15) is 0 Å². The van der Waals surface area contributed by atoms with Gasteiger partial charge in [-0.05, 0) is 13.3 Å². The van der Waals surface area contributed by atoms with E-state index in [0.29, 0.717) is 6.42 Å². The first-order chi connectivity index (χ1) is 10.3. The third kappa shape index (κ3) is 7.13. The Labute approximate surface area is 131 Å². The second-order valence-electron chi connectivity index (χ2n) is 5.79. The molecule has 2 unspecified atom stereocenters. The number of carbonyl (C=O) groups excluding carboxylic acids is 2. The highest BCUT2D eigenvalue weighted by molar-refractivity contribution is 6.10. The van der Waals surface area contributed by atoms with Gasteiger partial charge in [0.25, 0.3) is 0 Å². The van der Waals surface area contributed by atoms with Gasteiger partial charge in [-0.15, -0.1) is 0 Å². The number of unbranched alkanes of at least 4 members (excludes halogenated alkanes) is 6. The molecule has 0 aromatic rings. The SMILES string of the molecule is CCCCCCCCCC(=O)CC(O)(C(=O)O)C(=O)C(C)O. The molecule has 0 fully saturated rings. The molecule has 6 heteroatoms. The van der Waals surface area contributed by atoms with E-state index in [1.165, 1.54) is 19.3 Å². The summed E-state index contributed by atoms with van der Waals surface area (Å²) in [6.45, 7) is 3.20. The van der Waals surface area contributed by atoms with Gasteiger partial charge in [0.1, 0.15) is 11.9 Å². The predicted octanol–water partition coefficient (Wildman–Crippen LogP) is 1.85. The summed E-state index contributed by atoms with van der Waals surface area (Å²) >= 11 is 0. The van der Waals surface area contributed by atoms with Crippen LogP contribution in [0.4, 0.5) is 0 Å². The van der Waals surface area contributed by atoms with Crippen LogP contribution in [0.2, 0.25) is 0 Å². The molecule has 0 amide bonds. The molecule has 0 bridgehead atoms. The van der Waals surface area contributed by atoms with E-state index in [2.05, 4.69) is 6.92 Å². The van der Waals surface area contributed by atoms with Gasteiger partial charge in [0, 0.05) is 6.42 Å². The summed E-state index contributed by atoms with van der Waals surface area (Å²) in [5, 5.41) is 28.0. The molecule has 2 atom stereocenters. The molecule has 0 heterocycles. The minimum absolute atomic E-state index is 0.135. The van der Waals surface area contributed by atoms with Crippen LogP contribution in [0.25, 0.3) is 0 Å². The molecule has 0 aromatic heterocycles. The monoisotopic (exact) mass is 316 g/mol. The molecular weight excluding hydrogens is 288 g/mol. The molecule has 0 aliphatic rings. The van der Waals surface area contributed by atoms with Crippen LogP contribution in [0, 0.1) is 0 Å². The van der Waals surface area contributed by atoms with Crippen molar-refractivity contribution >= 4 is 17.5 Å². The van der Waals surface area contributed by atoms with E-state index < -0.39 is 35.7 Å². The predicted molar refractivity (Wildman–Crippen MR) is 81.5 cm³/mol. The second kappa shape index (κ2) is 10.5. The smallest absolute Gasteiger partial charge is 0.344 e. The summed E-state index contributed by atoms with van der Waals surface area (Å²) in [6.07, 6.45) is 4.87. The molecule has 6 nitrogen and oxygen atoms in total. The first-order valence-corrected chi connectivity index (χ1v) is 7.95. The number of aliphatic carboxylic acids is 1. The number of rotatable bonds is 13. The second-order valence-corrected chi connectivity index (χ2v) is 5.79. The number of carboxylic acids is 1. The van der Waals surface area contributed by atoms with Gasteiger partial charge < -0.3 is 15.3 Å². The Bertz CT molecular complexity index is 377. The number of aliphatic hydroxyl groups excluding tert-OH is 1. The fourth-order valence-electron chi connectivity index (χ4n) is 2.27. The summed E-state index contributed by atoms with van der Waals surface area (Å²) in [6, 6.07) is 0. The lowest BCUT2D eigenvalue weighted by Gasteiger charge is -2.22. The fraction of sp³-hybridized carbons (Fsp3) is 0.812. The molecule has 0 saturated carbocycles. The molecule has 0 radical (unpaired) electrons. The topological polar surface area (TPSA) is 112 Å². The zero-order valence-corrected chi connectivity index (χ0v) is 13.5. The third-order valence-electron chi connectivity index (χ3n) is 3.65. The van der Waals surface area contributed by atoms with E-state index in [1.807, 2.05) is 0 Å². The largest absolute Gasteiger partial charge is 0.479 e. The van der Waals surface area contributed by atoms with Gasteiger partial charge >= 0.3 is 5.97 Å². The Hall–Kier alpha value is -1.27. The van der Waals surface area contributed by atoms with E-state index >= 15 is 0 Å². The van der Waals surface area contributed by atoms with Crippen molar-refractivity contribution in [2.75, 3.05) is 0 Å². The van der Waals surface area contributed by atoms with Crippen molar-refractivity contribution < 1.29 is 29.7 Å². The molecule has 0 spiro atoms. The molecule has 128 valence electrons. The normalized spacial score (nSPS) is 15.1. The van der Waals surface area contributed by atoms with E-state index in [4.69, 9.17) is 10.2 Å². The Kier molecular flexibility index (Phi) is 9.85. The van der Waals surface area contributed by atoms with Gasteiger partial charge in [0.15, 0.2) is 0 Å². The minimum Gasteiger partial charge on any atom is -0.479 e. The van der Waals surface area contributed by atoms with Crippen LogP contribution >= 0.6 is 0 Å². The van der Waals surface area contributed by atoms with Gasteiger partial charge in [-0.1, -0.05) is 45.4 Å². The number of ketones is 2. The van der Waals surface area contributed by atoms with Crippen molar-refractivity contribution in [2.24, 2.45) is 0 Å². The number of carbonyl (C=O) groups is 3. The molecule has 0 aromatic carbocycles. The molecule has 0 aliphatic heterocycles. The fourth-order valence-corrected chi connectivity index (χ4v) is 2.27.